The molecule has 16 heavy (non-hydrogen) atoms. The second-order valence-corrected chi connectivity index (χ2v) is 3.24. The van der Waals surface area contributed by atoms with Crippen molar-refractivity contribution in [3.05, 3.63) is 17.8 Å². The number of rotatable bonds is 4. The molecule has 0 aliphatic heterocycles. The predicted molar refractivity (Wildman–Crippen MR) is 57.9 cm³/mol. The zero-order chi connectivity index (χ0) is 12.3. The van der Waals surface area contributed by atoms with Gasteiger partial charge in [-0.1, -0.05) is 0 Å². The number of carboxylic acid groups (broad SMARTS) is 1. The molecule has 0 aliphatic carbocycles. The van der Waals surface area contributed by atoms with Crippen LogP contribution >= 0.6 is 0 Å². The molecule has 0 aromatic carbocycles. The van der Waals surface area contributed by atoms with E-state index in [1.165, 1.54) is 6.07 Å². The van der Waals surface area contributed by atoms with Crippen LogP contribution in [-0.4, -0.2) is 28.0 Å². The molecule has 1 rings (SSSR count). The number of anilines is 2. The Morgan fingerprint density at radius 1 is 1.56 bits per heavy atom. The van der Waals surface area contributed by atoms with Gasteiger partial charge in [-0.25, -0.2) is 9.78 Å². The Balaban J connectivity index is 2.91. The van der Waals surface area contributed by atoms with E-state index in [4.69, 9.17) is 16.6 Å². The van der Waals surface area contributed by atoms with Gasteiger partial charge in [0.1, 0.15) is 11.9 Å². The number of pyridine rings is 1. The van der Waals surface area contributed by atoms with Gasteiger partial charge < -0.3 is 21.9 Å². The number of hydrogen-bond acceptors (Lipinski definition) is 5. The Hall–Kier alpha value is -2.31. The fraction of sp³-hybridized carbons (Fsp3) is 0.222. The number of carbonyl (C=O) groups excluding carboxylic acids is 1. The van der Waals surface area contributed by atoms with Gasteiger partial charge in [0.25, 0.3) is 0 Å². The number of nitrogens with two attached hydrogens (primary N) is 2. The molecule has 6 N–H and O–H groups in total. The van der Waals surface area contributed by atoms with Crippen LogP contribution in [0, 0.1) is 0 Å². The normalized spacial score (nSPS) is 11.8. The van der Waals surface area contributed by atoms with E-state index in [-0.39, 0.29) is 17.1 Å². The maximum absolute atomic E-state index is 10.8. The van der Waals surface area contributed by atoms with Crippen molar-refractivity contribution in [2.75, 3.05) is 11.1 Å². The van der Waals surface area contributed by atoms with Crippen molar-refractivity contribution in [1.29, 1.82) is 0 Å². The number of hydrogen-bond donors (Lipinski definition) is 4. The number of aromatic carboxylic acids is 1. The molecule has 1 unspecified atom stereocenters. The number of nitrogen functional groups attached to an aromatic ring is 1. The first-order valence-electron chi connectivity index (χ1n) is 4.46. The molecule has 0 fully saturated rings. The lowest BCUT2D eigenvalue weighted by Gasteiger charge is -2.12. The standard InChI is InChI=1S/C9H12N4O3/c1-4(7(11)14)13-8-6(10)2-5(3-12-8)9(15)16/h2-4H,10H2,1H3,(H2,11,14)(H,12,13)(H,15,16). The third-order valence-corrected chi connectivity index (χ3v) is 1.94. The van der Waals surface area contributed by atoms with Crippen LogP contribution in [0.1, 0.15) is 17.3 Å². The molecule has 1 heterocycles. The molecular weight excluding hydrogens is 212 g/mol. The van der Waals surface area contributed by atoms with E-state index in [0.717, 1.165) is 6.20 Å². The van der Waals surface area contributed by atoms with E-state index in [0.29, 0.717) is 0 Å². The van der Waals surface area contributed by atoms with Gasteiger partial charge in [0.2, 0.25) is 5.91 Å². The van der Waals surface area contributed by atoms with Crippen molar-refractivity contribution in [3.63, 3.8) is 0 Å². The number of carbonyl (C=O) groups is 2. The number of primary amides is 1. The molecule has 0 saturated heterocycles. The third-order valence-electron chi connectivity index (χ3n) is 1.94. The smallest absolute Gasteiger partial charge is 0.337 e. The average Bonchev–Trinajstić information content (AvgIpc) is 2.20. The fourth-order valence-electron chi connectivity index (χ4n) is 0.996. The topological polar surface area (TPSA) is 131 Å². The molecule has 1 aromatic rings. The van der Waals surface area contributed by atoms with Crippen molar-refractivity contribution in [2.24, 2.45) is 5.73 Å². The predicted octanol–water partition coefficient (Wildman–Crippen LogP) is -0.352. The maximum atomic E-state index is 10.8. The first kappa shape index (κ1) is 11.8. The molecule has 1 amide bonds. The second-order valence-electron chi connectivity index (χ2n) is 3.24. The van der Waals surface area contributed by atoms with Gasteiger partial charge in [-0.15, -0.1) is 0 Å². The number of nitrogens with one attached hydrogen (secondary N) is 1. The summed E-state index contributed by atoms with van der Waals surface area (Å²) in [4.78, 5) is 25.2. The van der Waals surface area contributed by atoms with Crippen LogP contribution in [0.2, 0.25) is 0 Å². The minimum absolute atomic E-state index is 0.0187. The summed E-state index contributed by atoms with van der Waals surface area (Å²) < 4.78 is 0. The highest BCUT2D eigenvalue weighted by molar-refractivity contribution is 5.90. The lowest BCUT2D eigenvalue weighted by atomic mass is 10.2. The van der Waals surface area contributed by atoms with Crippen molar-refractivity contribution >= 4 is 23.4 Å². The van der Waals surface area contributed by atoms with Crippen molar-refractivity contribution in [2.45, 2.75) is 13.0 Å². The van der Waals surface area contributed by atoms with E-state index in [2.05, 4.69) is 10.3 Å². The van der Waals surface area contributed by atoms with E-state index in [1.807, 2.05) is 0 Å². The summed E-state index contributed by atoms with van der Waals surface area (Å²) in [6.07, 6.45) is 1.15. The van der Waals surface area contributed by atoms with Gasteiger partial charge in [0.05, 0.1) is 11.3 Å². The van der Waals surface area contributed by atoms with Crippen LogP contribution in [0.5, 0.6) is 0 Å². The Morgan fingerprint density at radius 3 is 2.62 bits per heavy atom. The minimum atomic E-state index is -1.12. The first-order valence-corrected chi connectivity index (χ1v) is 4.46. The van der Waals surface area contributed by atoms with Crippen molar-refractivity contribution < 1.29 is 14.7 Å². The largest absolute Gasteiger partial charge is 0.478 e. The highest BCUT2D eigenvalue weighted by Crippen LogP contribution is 2.17. The Labute approximate surface area is 91.5 Å². The zero-order valence-corrected chi connectivity index (χ0v) is 8.60. The van der Waals surface area contributed by atoms with E-state index < -0.39 is 17.9 Å². The molecule has 0 radical (unpaired) electrons. The van der Waals surface area contributed by atoms with Gasteiger partial charge >= 0.3 is 5.97 Å². The average molecular weight is 224 g/mol. The van der Waals surface area contributed by atoms with Crippen LogP contribution in [0.15, 0.2) is 12.3 Å². The SMILES string of the molecule is CC(Nc1ncc(C(=O)O)cc1N)C(N)=O. The Morgan fingerprint density at radius 2 is 2.19 bits per heavy atom. The van der Waals surface area contributed by atoms with Crippen molar-refractivity contribution in [3.8, 4) is 0 Å². The summed E-state index contributed by atoms with van der Waals surface area (Å²) in [5, 5.41) is 11.4. The summed E-state index contributed by atoms with van der Waals surface area (Å²) in [6.45, 7) is 1.55. The van der Waals surface area contributed by atoms with E-state index in [9.17, 15) is 9.59 Å². The first-order chi connectivity index (χ1) is 7.41. The van der Waals surface area contributed by atoms with Crippen LogP contribution < -0.4 is 16.8 Å². The highest BCUT2D eigenvalue weighted by atomic mass is 16.4. The molecule has 0 aliphatic rings. The van der Waals surface area contributed by atoms with Crippen LogP contribution in [0.25, 0.3) is 0 Å². The molecule has 7 nitrogen and oxygen atoms in total. The van der Waals surface area contributed by atoms with Crippen molar-refractivity contribution in [1.82, 2.24) is 4.98 Å². The Bertz CT molecular complexity index is 433. The lowest BCUT2D eigenvalue weighted by molar-refractivity contribution is -0.118. The molecular formula is C9H12N4O3. The second kappa shape index (κ2) is 4.47. The summed E-state index contributed by atoms with van der Waals surface area (Å²) in [6, 6.07) is 0.622. The van der Waals surface area contributed by atoms with Crippen LogP contribution in [0.4, 0.5) is 11.5 Å². The third kappa shape index (κ3) is 2.59. The van der Waals surface area contributed by atoms with Crippen LogP contribution in [0.3, 0.4) is 0 Å². The fourth-order valence-corrected chi connectivity index (χ4v) is 0.996. The van der Waals surface area contributed by atoms with E-state index >= 15 is 0 Å². The number of nitrogens with zero attached hydrogens (tertiary/aromatic N) is 1. The van der Waals surface area contributed by atoms with Crippen LogP contribution in [-0.2, 0) is 4.79 Å². The van der Waals surface area contributed by atoms with Gasteiger partial charge in [-0.3, -0.25) is 4.79 Å². The molecule has 0 saturated carbocycles. The molecule has 1 aromatic heterocycles. The number of amides is 1. The lowest BCUT2D eigenvalue weighted by Crippen LogP contribution is -2.33. The molecule has 86 valence electrons. The highest BCUT2D eigenvalue weighted by Gasteiger charge is 2.12. The number of aromatic nitrogens is 1. The molecule has 0 spiro atoms. The van der Waals surface area contributed by atoms with Gasteiger partial charge in [-0.05, 0) is 13.0 Å². The monoisotopic (exact) mass is 224 g/mol. The quantitative estimate of drug-likeness (QED) is 0.552. The maximum Gasteiger partial charge on any atom is 0.337 e. The molecule has 1 atom stereocenters. The minimum Gasteiger partial charge on any atom is -0.478 e. The summed E-state index contributed by atoms with van der Waals surface area (Å²) >= 11 is 0. The zero-order valence-electron chi connectivity index (χ0n) is 8.60. The summed E-state index contributed by atoms with van der Waals surface area (Å²) in [5.74, 6) is -1.44. The van der Waals surface area contributed by atoms with Gasteiger partial charge in [-0.2, -0.15) is 0 Å². The summed E-state index contributed by atoms with van der Waals surface area (Å²) in [7, 11) is 0. The molecule has 7 heteroatoms. The van der Waals surface area contributed by atoms with E-state index in [1.54, 1.807) is 6.92 Å². The molecule has 0 bridgehead atoms. The number of carboxylic acids is 1. The van der Waals surface area contributed by atoms with Gasteiger partial charge in [0, 0.05) is 6.20 Å². The van der Waals surface area contributed by atoms with Gasteiger partial charge in [0.15, 0.2) is 0 Å². The summed E-state index contributed by atoms with van der Waals surface area (Å²) in [5.41, 5.74) is 10.7. The Kier molecular flexibility index (Phi) is 3.29.